The fourth-order valence-corrected chi connectivity index (χ4v) is 4.28. The van der Waals surface area contributed by atoms with Crippen molar-refractivity contribution >= 4 is 11.3 Å². The largest absolute Gasteiger partial charge is 0.241 e. The molecule has 21 heavy (non-hydrogen) atoms. The highest BCUT2D eigenvalue weighted by Gasteiger charge is 2.23. The molecule has 1 atom stereocenters. The molecule has 0 saturated heterocycles. The summed E-state index contributed by atoms with van der Waals surface area (Å²) in [4.78, 5) is 6.35. The van der Waals surface area contributed by atoms with Crippen LogP contribution in [0.5, 0.6) is 0 Å². The van der Waals surface area contributed by atoms with E-state index in [0.29, 0.717) is 5.92 Å². The molecule has 2 aromatic carbocycles. The SMILES string of the molecule is c1ccc(-c2nc3c(s2)CC(c2ccccc2)CC3)cc1. The summed E-state index contributed by atoms with van der Waals surface area (Å²) in [7, 11) is 0. The van der Waals surface area contributed by atoms with Crippen LogP contribution in [0.2, 0.25) is 0 Å². The van der Waals surface area contributed by atoms with E-state index in [-0.39, 0.29) is 0 Å². The summed E-state index contributed by atoms with van der Waals surface area (Å²) in [5.41, 5.74) is 4.04. The minimum absolute atomic E-state index is 0.655. The molecule has 2 heteroatoms. The summed E-state index contributed by atoms with van der Waals surface area (Å²) in [6.07, 6.45) is 3.47. The van der Waals surface area contributed by atoms with Crippen molar-refractivity contribution in [2.75, 3.05) is 0 Å². The monoisotopic (exact) mass is 291 g/mol. The molecule has 1 aliphatic carbocycles. The molecule has 1 aromatic heterocycles. The first kappa shape index (κ1) is 12.8. The summed E-state index contributed by atoms with van der Waals surface area (Å²) < 4.78 is 0. The molecular formula is C19H17NS. The summed E-state index contributed by atoms with van der Waals surface area (Å²) in [5, 5.41) is 1.18. The second-order valence-electron chi connectivity index (χ2n) is 5.61. The van der Waals surface area contributed by atoms with E-state index in [9.17, 15) is 0 Å². The van der Waals surface area contributed by atoms with Gasteiger partial charge >= 0.3 is 0 Å². The molecule has 4 rings (SSSR count). The zero-order chi connectivity index (χ0) is 14.1. The Morgan fingerprint density at radius 1 is 0.905 bits per heavy atom. The number of nitrogens with zero attached hydrogens (tertiary/aromatic N) is 1. The van der Waals surface area contributed by atoms with Crippen LogP contribution in [-0.4, -0.2) is 4.98 Å². The molecule has 0 saturated carbocycles. The van der Waals surface area contributed by atoms with Gasteiger partial charge in [0.05, 0.1) is 5.69 Å². The van der Waals surface area contributed by atoms with Crippen molar-refractivity contribution in [2.24, 2.45) is 0 Å². The van der Waals surface area contributed by atoms with Crippen molar-refractivity contribution in [3.63, 3.8) is 0 Å². The third kappa shape index (κ3) is 2.52. The molecule has 0 spiro atoms. The number of hydrogen-bond acceptors (Lipinski definition) is 2. The lowest BCUT2D eigenvalue weighted by atomic mass is 9.85. The standard InChI is InChI=1S/C19H17NS/c1-3-7-14(8-4-1)16-11-12-17-18(13-16)21-19(20-17)15-9-5-2-6-10-15/h1-10,16H,11-13H2. The van der Waals surface area contributed by atoms with Crippen LogP contribution in [0.4, 0.5) is 0 Å². The van der Waals surface area contributed by atoms with Crippen molar-refractivity contribution in [2.45, 2.75) is 25.2 Å². The maximum absolute atomic E-state index is 4.87. The second kappa shape index (κ2) is 5.45. The third-order valence-corrected chi connectivity index (χ3v) is 5.40. The molecule has 1 heterocycles. The van der Waals surface area contributed by atoms with Gasteiger partial charge in [0.25, 0.3) is 0 Å². The number of hydrogen-bond donors (Lipinski definition) is 0. The van der Waals surface area contributed by atoms with Crippen molar-refractivity contribution in [1.82, 2.24) is 4.98 Å². The molecule has 0 bridgehead atoms. The van der Waals surface area contributed by atoms with Crippen LogP contribution < -0.4 is 0 Å². The second-order valence-corrected chi connectivity index (χ2v) is 6.69. The van der Waals surface area contributed by atoms with E-state index in [1.165, 1.54) is 33.1 Å². The predicted octanol–water partition coefficient (Wildman–Crippen LogP) is 5.08. The van der Waals surface area contributed by atoms with Crippen LogP contribution in [0.3, 0.4) is 0 Å². The van der Waals surface area contributed by atoms with Gasteiger partial charge in [-0.2, -0.15) is 0 Å². The van der Waals surface area contributed by atoms with E-state index in [1.807, 2.05) is 11.3 Å². The van der Waals surface area contributed by atoms with Gasteiger partial charge < -0.3 is 0 Å². The highest BCUT2D eigenvalue weighted by Crippen LogP contribution is 2.38. The van der Waals surface area contributed by atoms with Gasteiger partial charge in [0.2, 0.25) is 0 Å². The average Bonchev–Trinajstić information content (AvgIpc) is 2.99. The van der Waals surface area contributed by atoms with Crippen molar-refractivity contribution < 1.29 is 0 Å². The summed E-state index contributed by atoms with van der Waals surface area (Å²) in [6.45, 7) is 0. The molecule has 1 nitrogen and oxygen atoms in total. The Hall–Kier alpha value is -1.93. The summed E-state index contributed by atoms with van der Waals surface area (Å²) >= 11 is 1.88. The number of rotatable bonds is 2. The molecule has 0 aliphatic heterocycles. The maximum atomic E-state index is 4.87. The fourth-order valence-electron chi connectivity index (χ4n) is 3.09. The van der Waals surface area contributed by atoms with E-state index in [4.69, 9.17) is 4.98 Å². The molecular weight excluding hydrogens is 274 g/mol. The number of aromatic nitrogens is 1. The number of thiazole rings is 1. The number of benzene rings is 2. The van der Waals surface area contributed by atoms with Crippen molar-refractivity contribution in [3.8, 4) is 10.6 Å². The third-order valence-electron chi connectivity index (χ3n) is 4.23. The Balaban J connectivity index is 1.63. The Kier molecular flexibility index (Phi) is 3.32. The number of aryl methyl sites for hydroxylation is 1. The molecule has 3 aromatic rings. The highest BCUT2D eigenvalue weighted by molar-refractivity contribution is 7.15. The van der Waals surface area contributed by atoms with Gasteiger partial charge in [0.15, 0.2) is 0 Å². The van der Waals surface area contributed by atoms with E-state index in [2.05, 4.69) is 60.7 Å². The van der Waals surface area contributed by atoms with E-state index < -0.39 is 0 Å². The van der Waals surface area contributed by atoms with Gasteiger partial charge in [-0.15, -0.1) is 11.3 Å². The van der Waals surface area contributed by atoms with Crippen molar-refractivity contribution in [1.29, 1.82) is 0 Å². The van der Waals surface area contributed by atoms with Crippen LogP contribution in [-0.2, 0) is 12.8 Å². The van der Waals surface area contributed by atoms with Gasteiger partial charge in [-0.05, 0) is 30.7 Å². The normalized spacial score (nSPS) is 17.4. The Bertz CT molecular complexity index is 731. The van der Waals surface area contributed by atoms with Crippen LogP contribution in [0, 0.1) is 0 Å². The zero-order valence-corrected chi connectivity index (χ0v) is 12.6. The Morgan fingerprint density at radius 2 is 1.62 bits per heavy atom. The molecule has 0 fully saturated rings. The lowest BCUT2D eigenvalue weighted by Crippen LogP contribution is -2.11. The maximum Gasteiger partial charge on any atom is 0.123 e. The van der Waals surface area contributed by atoms with Crippen molar-refractivity contribution in [3.05, 3.63) is 76.8 Å². The zero-order valence-electron chi connectivity index (χ0n) is 11.8. The fraction of sp³-hybridized carbons (Fsp3) is 0.211. The molecule has 1 aliphatic rings. The quantitative estimate of drug-likeness (QED) is 0.641. The lowest BCUT2D eigenvalue weighted by molar-refractivity contribution is 0.584. The molecule has 0 N–H and O–H groups in total. The minimum atomic E-state index is 0.655. The Labute approximate surface area is 129 Å². The van der Waals surface area contributed by atoms with Gasteiger partial charge in [-0.3, -0.25) is 0 Å². The predicted molar refractivity (Wildman–Crippen MR) is 88.8 cm³/mol. The van der Waals surface area contributed by atoms with Crippen LogP contribution in [0.25, 0.3) is 10.6 Å². The average molecular weight is 291 g/mol. The van der Waals surface area contributed by atoms with Crippen LogP contribution in [0.15, 0.2) is 60.7 Å². The van der Waals surface area contributed by atoms with Crippen LogP contribution in [0.1, 0.15) is 28.5 Å². The van der Waals surface area contributed by atoms with Gasteiger partial charge in [-0.25, -0.2) is 4.98 Å². The molecule has 0 amide bonds. The van der Waals surface area contributed by atoms with Gasteiger partial charge in [0.1, 0.15) is 5.01 Å². The van der Waals surface area contributed by atoms with Gasteiger partial charge in [0, 0.05) is 10.4 Å². The first-order chi connectivity index (χ1) is 10.4. The Morgan fingerprint density at radius 3 is 2.38 bits per heavy atom. The van der Waals surface area contributed by atoms with Gasteiger partial charge in [-0.1, -0.05) is 60.7 Å². The summed E-state index contributed by atoms with van der Waals surface area (Å²) in [5.74, 6) is 0.655. The molecule has 0 radical (unpaired) electrons. The van der Waals surface area contributed by atoms with E-state index >= 15 is 0 Å². The van der Waals surface area contributed by atoms with E-state index in [1.54, 1.807) is 0 Å². The highest BCUT2D eigenvalue weighted by atomic mass is 32.1. The van der Waals surface area contributed by atoms with E-state index in [0.717, 1.165) is 12.8 Å². The summed E-state index contributed by atoms with van der Waals surface area (Å²) in [6, 6.07) is 21.4. The smallest absolute Gasteiger partial charge is 0.123 e. The molecule has 104 valence electrons. The molecule has 1 unspecified atom stereocenters. The minimum Gasteiger partial charge on any atom is -0.241 e. The topological polar surface area (TPSA) is 12.9 Å². The number of fused-ring (bicyclic) bond motifs is 1. The first-order valence-corrected chi connectivity index (χ1v) is 8.31. The first-order valence-electron chi connectivity index (χ1n) is 7.49. The lowest BCUT2D eigenvalue weighted by Gasteiger charge is -2.21. The van der Waals surface area contributed by atoms with Crippen LogP contribution >= 0.6 is 11.3 Å².